The fraction of sp³-hybridized carbons (Fsp3) is 0.286. The lowest BCUT2D eigenvalue weighted by Gasteiger charge is -2.18. The average molecular weight is 453 g/mol. The molecule has 2 atom stereocenters. The summed E-state index contributed by atoms with van der Waals surface area (Å²) in [7, 11) is 0. The minimum absolute atomic E-state index is 0. The molecule has 0 bridgehead atoms. The molecule has 9 heteroatoms. The SMILES string of the molecule is Cl.NCC1(O)CN[C@H](CNC(=O)c2[nH]c3ccc(F)cc3c2-c2ccccc2Cl)C1. The van der Waals surface area contributed by atoms with Gasteiger partial charge in [-0.15, -0.1) is 12.4 Å². The summed E-state index contributed by atoms with van der Waals surface area (Å²) in [6.45, 7) is 0.877. The molecule has 0 radical (unpaired) electrons. The lowest BCUT2D eigenvalue weighted by Crippen LogP contribution is -2.39. The van der Waals surface area contributed by atoms with E-state index in [1.807, 2.05) is 6.07 Å². The number of carbonyl (C=O) groups excluding carboxylic acids is 1. The summed E-state index contributed by atoms with van der Waals surface area (Å²) in [5.74, 6) is -0.727. The molecule has 1 aliphatic rings. The smallest absolute Gasteiger partial charge is 0.268 e. The van der Waals surface area contributed by atoms with Crippen LogP contribution in [0, 0.1) is 5.82 Å². The Hall–Kier alpha value is -2.16. The lowest BCUT2D eigenvalue weighted by molar-refractivity contribution is 0.0676. The van der Waals surface area contributed by atoms with Crippen molar-refractivity contribution in [1.82, 2.24) is 15.6 Å². The van der Waals surface area contributed by atoms with E-state index in [1.165, 1.54) is 12.1 Å². The quantitative estimate of drug-likeness (QED) is 0.410. The molecule has 1 aromatic heterocycles. The van der Waals surface area contributed by atoms with Gasteiger partial charge in [-0.05, 0) is 30.7 Å². The van der Waals surface area contributed by atoms with Crippen LogP contribution in [0.5, 0.6) is 0 Å². The lowest BCUT2D eigenvalue weighted by atomic mass is 10.00. The van der Waals surface area contributed by atoms with Crippen LogP contribution < -0.4 is 16.4 Å². The number of aromatic amines is 1. The van der Waals surface area contributed by atoms with E-state index in [0.29, 0.717) is 52.3 Å². The van der Waals surface area contributed by atoms with E-state index in [4.69, 9.17) is 17.3 Å². The third-order valence-corrected chi connectivity index (χ3v) is 5.70. The van der Waals surface area contributed by atoms with Gasteiger partial charge in [0.05, 0.1) is 5.60 Å². The van der Waals surface area contributed by atoms with Crippen molar-refractivity contribution in [2.75, 3.05) is 19.6 Å². The molecular weight excluding hydrogens is 430 g/mol. The molecule has 6 nitrogen and oxygen atoms in total. The highest BCUT2D eigenvalue weighted by Crippen LogP contribution is 2.37. The zero-order valence-electron chi connectivity index (χ0n) is 16.0. The van der Waals surface area contributed by atoms with Gasteiger partial charge in [0.25, 0.3) is 5.91 Å². The summed E-state index contributed by atoms with van der Waals surface area (Å²) < 4.78 is 13.9. The third kappa shape index (κ3) is 4.31. The first-order chi connectivity index (χ1) is 13.9. The van der Waals surface area contributed by atoms with Crippen LogP contribution >= 0.6 is 24.0 Å². The number of benzene rings is 2. The Kier molecular flexibility index (Phi) is 6.69. The van der Waals surface area contributed by atoms with Crippen molar-refractivity contribution in [1.29, 1.82) is 0 Å². The number of aromatic nitrogens is 1. The van der Waals surface area contributed by atoms with Gasteiger partial charge in [-0.25, -0.2) is 4.39 Å². The molecule has 2 aromatic carbocycles. The first-order valence-corrected chi connectivity index (χ1v) is 9.78. The van der Waals surface area contributed by atoms with Gasteiger partial charge in [0.1, 0.15) is 11.5 Å². The molecule has 2 heterocycles. The van der Waals surface area contributed by atoms with Crippen molar-refractivity contribution >= 4 is 40.8 Å². The maximum absolute atomic E-state index is 13.9. The second-order valence-electron chi connectivity index (χ2n) is 7.47. The van der Waals surface area contributed by atoms with Gasteiger partial charge in [-0.2, -0.15) is 0 Å². The van der Waals surface area contributed by atoms with Gasteiger partial charge in [-0.3, -0.25) is 4.79 Å². The number of fused-ring (bicyclic) bond motifs is 1. The minimum atomic E-state index is -0.948. The number of amides is 1. The van der Waals surface area contributed by atoms with E-state index in [9.17, 15) is 14.3 Å². The van der Waals surface area contributed by atoms with Crippen LogP contribution in [0.25, 0.3) is 22.0 Å². The van der Waals surface area contributed by atoms with Gasteiger partial charge >= 0.3 is 0 Å². The highest BCUT2D eigenvalue weighted by atomic mass is 35.5. The molecule has 1 fully saturated rings. The number of nitrogens with two attached hydrogens (primary N) is 1. The molecule has 0 spiro atoms. The third-order valence-electron chi connectivity index (χ3n) is 5.37. The van der Waals surface area contributed by atoms with Crippen LogP contribution in [-0.2, 0) is 0 Å². The predicted molar refractivity (Wildman–Crippen MR) is 119 cm³/mol. The van der Waals surface area contributed by atoms with E-state index in [0.717, 1.165) is 0 Å². The highest BCUT2D eigenvalue weighted by Gasteiger charge is 2.36. The van der Waals surface area contributed by atoms with Gasteiger partial charge in [-0.1, -0.05) is 29.8 Å². The van der Waals surface area contributed by atoms with Gasteiger partial charge in [0.2, 0.25) is 0 Å². The van der Waals surface area contributed by atoms with Crippen molar-refractivity contribution in [2.45, 2.75) is 18.1 Å². The number of nitrogens with one attached hydrogen (secondary N) is 3. The second-order valence-corrected chi connectivity index (χ2v) is 7.87. The summed E-state index contributed by atoms with van der Waals surface area (Å²) in [4.78, 5) is 16.1. The van der Waals surface area contributed by atoms with Crippen molar-refractivity contribution in [3.63, 3.8) is 0 Å². The Balaban J connectivity index is 0.00000256. The van der Waals surface area contributed by atoms with E-state index >= 15 is 0 Å². The largest absolute Gasteiger partial charge is 0.387 e. The first-order valence-electron chi connectivity index (χ1n) is 9.40. The monoisotopic (exact) mass is 452 g/mol. The number of H-pyrrole nitrogens is 1. The summed E-state index contributed by atoms with van der Waals surface area (Å²) in [5.41, 5.74) is 6.81. The standard InChI is InChI=1S/C21H22ClFN4O2.ClH/c22-16-4-2-1-3-14(16)18-15-7-12(23)5-6-17(15)27-19(18)20(28)25-9-13-8-21(29,10-24)11-26-13;/h1-7,13,26-27,29H,8-11,24H2,(H,25,28);1H/t13-,21?;/m0./s1. The Morgan fingerprint density at radius 1 is 1.33 bits per heavy atom. The van der Waals surface area contributed by atoms with Crippen molar-refractivity contribution in [2.24, 2.45) is 5.73 Å². The predicted octanol–water partition coefficient (Wildman–Crippen LogP) is 2.83. The zero-order valence-corrected chi connectivity index (χ0v) is 17.6. The molecule has 1 unspecified atom stereocenters. The number of hydrogen-bond acceptors (Lipinski definition) is 4. The van der Waals surface area contributed by atoms with Crippen LogP contribution in [0.1, 0.15) is 16.9 Å². The van der Waals surface area contributed by atoms with E-state index in [2.05, 4.69) is 15.6 Å². The maximum Gasteiger partial charge on any atom is 0.268 e. The molecule has 0 saturated carbocycles. The number of halogens is 3. The number of carbonyl (C=O) groups is 1. The zero-order chi connectivity index (χ0) is 20.6. The summed E-state index contributed by atoms with van der Waals surface area (Å²) >= 11 is 6.37. The van der Waals surface area contributed by atoms with Crippen molar-refractivity contribution in [3.05, 3.63) is 59.0 Å². The molecule has 1 amide bonds. The Labute approximate surface area is 184 Å². The fourth-order valence-corrected chi connectivity index (χ4v) is 4.05. The number of rotatable bonds is 5. The average Bonchev–Trinajstić information content (AvgIpc) is 3.27. The molecule has 1 aliphatic heterocycles. The fourth-order valence-electron chi connectivity index (χ4n) is 3.82. The number of aliphatic hydroxyl groups is 1. The van der Waals surface area contributed by atoms with Gasteiger partial charge < -0.3 is 26.5 Å². The molecule has 30 heavy (non-hydrogen) atoms. The van der Waals surface area contributed by atoms with Crippen LogP contribution in [0.15, 0.2) is 42.5 Å². The molecule has 4 rings (SSSR count). The minimum Gasteiger partial charge on any atom is -0.387 e. The van der Waals surface area contributed by atoms with Crippen LogP contribution in [0.2, 0.25) is 5.02 Å². The Morgan fingerprint density at radius 3 is 2.80 bits per heavy atom. The first kappa shape index (κ1) is 22.5. The molecule has 0 aliphatic carbocycles. The number of β-amino-alcohol motifs (C(OH)–C–C–N with tert-alkyl or cyclic N) is 1. The normalized spacial score (nSPS) is 20.9. The van der Waals surface area contributed by atoms with Crippen molar-refractivity contribution < 1.29 is 14.3 Å². The molecule has 160 valence electrons. The Bertz CT molecular complexity index is 1070. The second kappa shape index (κ2) is 8.91. The Morgan fingerprint density at radius 2 is 2.10 bits per heavy atom. The molecular formula is C21H23Cl2FN4O2. The van der Waals surface area contributed by atoms with Crippen LogP contribution in [-0.4, -0.2) is 47.3 Å². The van der Waals surface area contributed by atoms with Crippen LogP contribution in [0.3, 0.4) is 0 Å². The van der Waals surface area contributed by atoms with Gasteiger partial charge in [0, 0.05) is 52.7 Å². The van der Waals surface area contributed by atoms with E-state index in [1.54, 1.807) is 24.3 Å². The molecule has 3 aromatic rings. The highest BCUT2D eigenvalue weighted by molar-refractivity contribution is 6.34. The molecule has 6 N–H and O–H groups in total. The summed E-state index contributed by atoms with van der Waals surface area (Å²) in [5, 5.41) is 17.3. The van der Waals surface area contributed by atoms with Crippen molar-refractivity contribution in [3.8, 4) is 11.1 Å². The summed E-state index contributed by atoms with van der Waals surface area (Å²) in [6.07, 6.45) is 0.457. The van der Waals surface area contributed by atoms with Crippen LogP contribution in [0.4, 0.5) is 4.39 Å². The topological polar surface area (TPSA) is 103 Å². The van der Waals surface area contributed by atoms with Gasteiger partial charge in [0.15, 0.2) is 0 Å². The van der Waals surface area contributed by atoms with E-state index < -0.39 is 11.4 Å². The maximum atomic E-state index is 13.9. The molecule has 1 saturated heterocycles. The number of hydrogen-bond donors (Lipinski definition) is 5. The summed E-state index contributed by atoms with van der Waals surface area (Å²) in [6, 6.07) is 11.4. The van der Waals surface area contributed by atoms with E-state index in [-0.39, 0.29) is 30.9 Å².